The molecule has 0 spiro atoms. The normalized spacial score (nSPS) is 11.5. The van der Waals surface area contributed by atoms with Gasteiger partial charge in [0.2, 0.25) is 5.91 Å². The fourth-order valence-corrected chi connectivity index (χ4v) is 5.29. The molecule has 4 rings (SSSR count). The highest BCUT2D eigenvalue weighted by atomic mass is 16.4. The van der Waals surface area contributed by atoms with Crippen LogP contribution < -0.4 is 5.32 Å². The van der Waals surface area contributed by atoms with E-state index in [1.54, 1.807) is 53.4 Å². The molecule has 0 aliphatic heterocycles. The molecular formula is C38H42N2O4. The van der Waals surface area contributed by atoms with Gasteiger partial charge in [-0.05, 0) is 46.9 Å². The van der Waals surface area contributed by atoms with E-state index in [4.69, 9.17) is 0 Å². The molecule has 0 fully saturated rings. The quantitative estimate of drug-likeness (QED) is 0.102. The van der Waals surface area contributed by atoms with E-state index < -0.39 is 12.0 Å². The molecule has 1 atom stereocenters. The fourth-order valence-electron chi connectivity index (χ4n) is 5.29. The number of anilines is 1. The summed E-state index contributed by atoms with van der Waals surface area (Å²) in [6, 6.07) is 31.1. The fraction of sp³-hybridized carbons (Fsp3) is 0.289. The topological polar surface area (TPSA) is 86.7 Å². The Hall–Kier alpha value is -4.71. The van der Waals surface area contributed by atoms with Crippen molar-refractivity contribution in [1.82, 2.24) is 4.90 Å². The summed E-state index contributed by atoms with van der Waals surface area (Å²) >= 11 is 0. The maximum atomic E-state index is 13.1. The Morgan fingerprint density at radius 3 is 2.18 bits per heavy atom. The predicted octanol–water partition coefficient (Wildman–Crippen LogP) is 8.01. The summed E-state index contributed by atoms with van der Waals surface area (Å²) in [5, 5.41) is 13.1. The van der Waals surface area contributed by atoms with Crippen LogP contribution in [0.25, 0.3) is 11.1 Å². The number of carbonyl (C=O) groups is 3. The van der Waals surface area contributed by atoms with E-state index >= 15 is 0 Å². The monoisotopic (exact) mass is 590 g/mol. The largest absolute Gasteiger partial charge is 0.480 e. The highest BCUT2D eigenvalue weighted by Crippen LogP contribution is 2.24. The summed E-state index contributed by atoms with van der Waals surface area (Å²) in [7, 11) is 1.86. The average Bonchev–Trinajstić information content (AvgIpc) is 3.05. The zero-order valence-electron chi connectivity index (χ0n) is 25.7. The zero-order chi connectivity index (χ0) is 31.3. The molecule has 0 saturated carbocycles. The Kier molecular flexibility index (Phi) is 11.9. The summed E-state index contributed by atoms with van der Waals surface area (Å²) < 4.78 is 0. The van der Waals surface area contributed by atoms with Crippen LogP contribution in [0.3, 0.4) is 0 Å². The van der Waals surface area contributed by atoms with Gasteiger partial charge in [0.05, 0.1) is 0 Å². The molecule has 0 bridgehead atoms. The number of carboxylic acids is 1. The minimum Gasteiger partial charge on any atom is -0.480 e. The second kappa shape index (κ2) is 16.2. The van der Waals surface area contributed by atoms with E-state index in [0.29, 0.717) is 29.8 Å². The van der Waals surface area contributed by atoms with E-state index in [1.807, 2.05) is 55.6 Å². The number of nitrogens with zero attached hydrogens (tertiary/aromatic N) is 1. The first-order valence-corrected chi connectivity index (χ1v) is 15.5. The van der Waals surface area contributed by atoms with Gasteiger partial charge in [0.1, 0.15) is 6.04 Å². The number of benzene rings is 4. The Morgan fingerprint density at radius 2 is 1.45 bits per heavy atom. The number of para-hydroxylation sites is 1. The number of aliphatic carboxylic acids is 1. The lowest BCUT2D eigenvalue weighted by atomic mass is 9.98. The van der Waals surface area contributed by atoms with E-state index in [0.717, 1.165) is 35.1 Å². The van der Waals surface area contributed by atoms with Crippen molar-refractivity contribution in [1.29, 1.82) is 0 Å². The molecule has 0 aromatic heterocycles. The molecule has 0 heterocycles. The molecule has 1 amide bonds. The van der Waals surface area contributed by atoms with Gasteiger partial charge in [-0.3, -0.25) is 9.59 Å². The molecule has 0 radical (unpaired) electrons. The standard InChI is InChI=1S/C38H42N2O4/c1-3-4-5-6-10-20-36(41)40(2)27-29-14-13-17-32(25-29)30-23-21-28(22-24-30)26-35(38(43)44)39-34-19-12-11-18-33(34)37(42)31-15-8-7-9-16-31/h7-9,11-19,21-25,35,39H,3-6,10,20,26-27H2,1-2H3,(H,43,44)/t35-/m1/s1. The molecule has 2 N–H and O–H groups in total. The number of carboxylic acid groups (broad SMARTS) is 1. The summed E-state index contributed by atoms with van der Waals surface area (Å²) in [5.74, 6) is -0.990. The van der Waals surface area contributed by atoms with Crippen molar-refractivity contribution in [3.05, 3.63) is 125 Å². The van der Waals surface area contributed by atoms with Gasteiger partial charge in [-0.25, -0.2) is 4.79 Å². The summed E-state index contributed by atoms with van der Waals surface area (Å²) in [6.07, 6.45) is 6.47. The van der Waals surface area contributed by atoms with Crippen molar-refractivity contribution in [2.24, 2.45) is 0 Å². The highest BCUT2D eigenvalue weighted by Gasteiger charge is 2.21. The van der Waals surface area contributed by atoms with Crippen LogP contribution in [0.15, 0.2) is 103 Å². The minimum absolute atomic E-state index is 0.164. The number of hydrogen-bond acceptors (Lipinski definition) is 4. The third-order valence-corrected chi connectivity index (χ3v) is 7.83. The minimum atomic E-state index is -0.997. The molecule has 4 aromatic carbocycles. The van der Waals surface area contributed by atoms with Gasteiger partial charge < -0.3 is 15.3 Å². The van der Waals surface area contributed by atoms with E-state index in [2.05, 4.69) is 18.3 Å². The molecule has 0 unspecified atom stereocenters. The number of carbonyl (C=O) groups excluding carboxylic acids is 2. The van der Waals surface area contributed by atoms with Gasteiger partial charge in [0, 0.05) is 43.2 Å². The van der Waals surface area contributed by atoms with Crippen molar-refractivity contribution in [2.75, 3.05) is 12.4 Å². The maximum absolute atomic E-state index is 13.1. The predicted molar refractivity (Wildman–Crippen MR) is 177 cm³/mol. The van der Waals surface area contributed by atoms with Crippen molar-refractivity contribution in [3.63, 3.8) is 0 Å². The van der Waals surface area contributed by atoms with E-state index in [1.165, 1.54) is 19.3 Å². The van der Waals surface area contributed by atoms with Gasteiger partial charge in [0.25, 0.3) is 0 Å². The molecule has 0 aliphatic carbocycles. The summed E-state index contributed by atoms with van der Waals surface area (Å²) in [5.41, 5.74) is 5.44. The first-order valence-electron chi connectivity index (χ1n) is 15.5. The van der Waals surface area contributed by atoms with Crippen LogP contribution >= 0.6 is 0 Å². The summed E-state index contributed by atoms with van der Waals surface area (Å²) in [6.45, 7) is 2.74. The molecule has 228 valence electrons. The molecule has 0 aliphatic rings. The van der Waals surface area contributed by atoms with Crippen LogP contribution in [-0.4, -0.2) is 40.8 Å². The Morgan fingerprint density at radius 1 is 0.750 bits per heavy atom. The molecular weight excluding hydrogens is 548 g/mol. The second-order valence-electron chi connectivity index (χ2n) is 11.3. The van der Waals surface area contributed by atoms with Crippen LogP contribution in [0.5, 0.6) is 0 Å². The van der Waals surface area contributed by atoms with Crippen LogP contribution in [0.4, 0.5) is 5.69 Å². The number of unbranched alkanes of at least 4 members (excludes halogenated alkanes) is 4. The maximum Gasteiger partial charge on any atom is 0.326 e. The van der Waals surface area contributed by atoms with Gasteiger partial charge in [-0.2, -0.15) is 0 Å². The number of hydrogen-bond donors (Lipinski definition) is 2. The molecule has 6 heteroatoms. The van der Waals surface area contributed by atoms with Gasteiger partial charge in [0.15, 0.2) is 5.78 Å². The molecule has 0 saturated heterocycles. The van der Waals surface area contributed by atoms with Crippen LogP contribution in [-0.2, 0) is 22.6 Å². The third-order valence-electron chi connectivity index (χ3n) is 7.83. The number of nitrogens with one attached hydrogen (secondary N) is 1. The molecule has 44 heavy (non-hydrogen) atoms. The van der Waals surface area contributed by atoms with Gasteiger partial charge in [-0.1, -0.05) is 118 Å². The Balaban J connectivity index is 1.39. The van der Waals surface area contributed by atoms with Gasteiger partial charge >= 0.3 is 5.97 Å². The number of amides is 1. The smallest absolute Gasteiger partial charge is 0.326 e. The SMILES string of the molecule is CCCCCCCC(=O)N(C)Cc1cccc(-c2ccc(C[C@@H](Nc3ccccc3C(=O)c3ccccc3)C(=O)O)cc2)c1. The summed E-state index contributed by atoms with van der Waals surface area (Å²) in [4.78, 5) is 39.8. The van der Waals surface area contributed by atoms with Crippen molar-refractivity contribution in [3.8, 4) is 11.1 Å². The van der Waals surface area contributed by atoms with Crippen molar-refractivity contribution >= 4 is 23.3 Å². The van der Waals surface area contributed by atoms with Crippen LogP contribution in [0.2, 0.25) is 0 Å². The van der Waals surface area contributed by atoms with E-state index in [-0.39, 0.29) is 18.1 Å². The number of ketones is 1. The number of rotatable bonds is 16. The first-order chi connectivity index (χ1) is 21.4. The lowest BCUT2D eigenvalue weighted by molar-refractivity contribution is -0.138. The zero-order valence-corrected chi connectivity index (χ0v) is 25.7. The second-order valence-corrected chi connectivity index (χ2v) is 11.3. The Labute approximate surface area is 260 Å². The lowest BCUT2D eigenvalue weighted by Crippen LogP contribution is -2.32. The third kappa shape index (κ3) is 9.14. The van der Waals surface area contributed by atoms with Crippen LogP contribution in [0.1, 0.15) is 72.5 Å². The first kappa shape index (κ1) is 32.2. The molecule has 6 nitrogen and oxygen atoms in total. The van der Waals surface area contributed by atoms with Crippen molar-refractivity contribution < 1.29 is 19.5 Å². The average molecular weight is 591 g/mol. The highest BCUT2D eigenvalue weighted by molar-refractivity contribution is 6.12. The Bertz CT molecular complexity index is 1530. The van der Waals surface area contributed by atoms with Gasteiger partial charge in [-0.15, -0.1) is 0 Å². The van der Waals surface area contributed by atoms with Crippen molar-refractivity contribution in [2.45, 2.75) is 64.5 Å². The van der Waals surface area contributed by atoms with E-state index in [9.17, 15) is 19.5 Å². The van der Waals surface area contributed by atoms with Crippen LogP contribution in [0, 0.1) is 0 Å². The molecule has 4 aromatic rings. The lowest BCUT2D eigenvalue weighted by Gasteiger charge is -2.19.